The topological polar surface area (TPSA) is 99.2 Å². The number of nitrogens with one attached hydrogen (secondary N) is 1. The Bertz CT molecular complexity index is 666. The molecular formula is C14H16N4O3. The monoisotopic (exact) mass is 288 g/mol. The van der Waals surface area contributed by atoms with Crippen LogP contribution in [0.25, 0.3) is 5.69 Å². The Labute approximate surface area is 121 Å². The van der Waals surface area contributed by atoms with E-state index in [-0.39, 0.29) is 11.6 Å². The molecule has 1 unspecified atom stereocenters. The Morgan fingerprint density at radius 2 is 2.14 bits per heavy atom. The molecule has 2 aromatic rings. The van der Waals surface area contributed by atoms with Crippen molar-refractivity contribution in [2.45, 2.75) is 13.0 Å². The van der Waals surface area contributed by atoms with Crippen LogP contribution in [0.1, 0.15) is 17.4 Å². The minimum atomic E-state index is -0.875. The molecule has 0 fully saturated rings. The molecule has 3 N–H and O–H groups in total. The van der Waals surface area contributed by atoms with Gasteiger partial charge in [-0.1, -0.05) is 6.07 Å². The molecule has 0 saturated carbocycles. The lowest BCUT2D eigenvalue weighted by molar-refractivity contribution is -0.128. The van der Waals surface area contributed by atoms with E-state index >= 15 is 0 Å². The van der Waals surface area contributed by atoms with Gasteiger partial charge in [-0.3, -0.25) is 4.79 Å². The number of nitrogens with two attached hydrogens (primary N) is 1. The van der Waals surface area contributed by atoms with Gasteiger partial charge in [-0.15, -0.1) is 0 Å². The maximum absolute atomic E-state index is 11.9. The maximum atomic E-state index is 11.9. The van der Waals surface area contributed by atoms with Gasteiger partial charge in [0.15, 0.2) is 11.8 Å². The van der Waals surface area contributed by atoms with Crippen LogP contribution in [0, 0.1) is 0 Å². The van der Waals surface area contributed by atoms with Crippen molar-refractivity contribution in [2.24, 2.45) is 0 Å². The van der Waals surface area contributed by atoms with E-state index in [4.69, 9.17) is 10.5 Å². The van der Waals surface area contributed by atoms with Crippen LogP contribution in [0.15, 0.2) is 36.5 Å². The predicted octanol–water partition coefficient (Wildman–Crippen LogP) is 0.746. The fourth-order valence-electron chi connectivity index (χ4n) is 1.72. The molecule has 0 aliphatic rings. The van der Waals surface area contributed by atoms with Gasteiger partial charge < -0.3 is 15.8 Å². The Kier molecular flexibility index (Phi) is 4.22. The number of hydrogen-bond acceptors (Lipinski definition) is 5. The number of nitrogen functional groups attached to an aromatic ring is 1. The first-order chi connectivity index (χ1) is 10.0. The van der Waals surface area contributed by atoms with Crippen LogP contribution in [-0.4, -0.2) is 34.8 Å². The van der Waals surface area contributed by atoms with Gasteiger partial charge in [0, 0.05) is 18.9 Å². The van der Waals surface area contributed by atoms with Gasteiger partial charge in [0.2, 0.25) is 0 Å². The molecule has 1 heterocycles. The van der Waals surface area contributed by atoms with E-state index < -0.39 is 12.1 Å². The number of esters is 1. The van der Waals surface area contributed by atoms with Gasteiger partial charge in [-0.25, -0.2) is 9.48 Å². The minimum absolute atomic E-state index is 0.119. The normalized spacial score (nSPS) is 11.7. The number of amides is 1. The van der Waals surface area contributed by atoms with E-state index in [0.717, 1.165) is 5.69 Å². The molecule has 110 valence electrons. The van der Waals surface area contributed by atoms with Crippen molar-refractivity contribution in [1.82, 2.24) is 15.1 Å². The minimum Gasteiger partial charge on any atom is -0.448 e. The van der Waals surface area contributed by atoms with Crippen LogP contribution in [-0.2, 0) is 9.53 Å². The van der Waals surface area contributed by atoms with Gasteiger partial charge in [-0.2, -0.15) is 5.10 Å². The van der Waals surface area contributed by atoms with Gasteiger partial charge in [0.1, 0.15) is 0 Å². The summed E-state index contributed by atoms with van der Waals surface area (Å²) in [6.45, 7) is 1.49. The van der Waals surface area contributed by atoms with E-state index in [1.807, 2.05) is 6.07 Å². The third-order valence-corrected chi connectivity index (χ3v) is 2.83. The molecule has 1 aromatic heterocycles. The first-order valence-electron chi connectivity index (χ1n) is 6.35. The third kappa shape index (κ3) is 3.38. The second kappa shape index (κ2) is 6.08. The molecule has 0 aliphatic heterocycles. The van der Waals surface area contributed by atoms with Crippen LogP contribution < -0.4 is 11.1 Å². The molecule has 2 rings (SSSR count). The number of carbonyl (C=O) groups excluding carboxylic acids is 2. The van der Waals surface area contributed by atoms with Crippen molar-refractivity contribution in [3.8, 4) is 5.69 Å². The summed E-state index contributed by atoms with van der Waals surface area (Å²) in [6.07, 6.45) is 0.746. The first kappa shape index (κ1) is 14.6. The average molecular weight is 288 g/mol. The van der Waals surface area contributed by atoms with Crippen LogP contribution in [0.2, 0.25) is 0 Å². The van der Waals surface area contributed by atoms with E-state index in [1.165, 1.54) is 24.7 Å². The lowest BCUT2D eigenvalue weighted by Crippen LogP contribution is -2.33. The highest BCUT2D eigenvalue weighted by Crippen LogP contribution is 2.12. The number of benzene rings is 1. The van der Waals surface area contributed by atoms with Gasteiger partial charge in [-0.05, 0) is 31.2 Å². The van der Waals surface area contributed by atoms with Crippen molar-refractivity contribution >= 4 is 17.6 Å². The highest BCUT2D eigenvalue weighted by atomic mass is 16.5. The van der Waals surface area contributed by atoms with Crippen LogP contribution in [0.5, 0.6) is 0 Å². The van der Waals surface area contributed by atoms with Gasteiger partial charge >= 0.3 is 5.97 Å². The van der Waals surface area contributed by atoms with Crippen LogP contribution >= 0.6 is 0 Å². The standard InChI is InChI=1S/C14H16N4O3/c1-9(13(19)16-2)21-14(20)12-6-7-18(17-12)11-5-3-4-10(15)8-11/h3-9H,15H2,1-2H3,(H,16,19). The SMILES string of the molecule is CNC(=O)C(C)OC(=O)c1ccn(-c2cccc(N)c2)n1. The summed E-state index contributed by atoms with van der Waals surface area (Å²) in [6, 6.07) is 8.61. The molecule has 0 radical (unpaired) electrons. The fourth-order valence-corrected chi connectivity index (χ4v) is 1.72. The molecule has 7 heteroatoms. The Morgan fingerprint density at radius 1 is 1.38 bits per heavy atom. The summed E-state index contributed by atoms with van der Waals surface area (Å²) in [4.78, 5) is 23.2. The van der Waals surface area contributed by atoms with Crippen LogP contribution in [0.3, 0.4) is 0 Å². The Balaban J connectivity index is 2.13. The average Bonchev–Trinajstić information content (AvgIpc) is 2.96. The quantitative estimate of drug-likeness (QED) is 0.638. The van der Waals surface area contributed by atoms with E-state index in [9.17, 15) is 9.59 Å². The molecule has 0 bridgehead atoms. The van der Waals surface area contributed by atoms with Crippen molar-refractivity contribution in [2.75, 3.05) is 12.8 Å². The number of likely N-dealkylation sites (N-methyl/N-ethyl adjacent to an activating group) is 1. The zero-order chi connectivity index (χ0) is 15.4. The van der Waals surface area contributed by atoms with Crippen molar-refractivity contribution in [3.63, 3.8) is 0 Å². The molecule has 0 saturated heterocycles. The highest BCUT2D eigenvalue weighted by Gasteiger charge is 2.19. The Morgan fingerprint density at radius 3 is 2.81 bits per heavy atom. The number of aromatic nitrogens is 2. The second-order valence-electron chi connectivity index (χ2n) is 4.40. The number of ether oxygens (including phenoxy) is 1. The van der Waals surface area contributed by atoms with E-state index in [0.29, 0.717) is 5.69 Å². The lowest BCUT2D eigenvalue weighted by atomic mass is 10.3. The van der Waals surface area contributed by atoms with Crippen molar-refractivity contribution in [3.05, 3.63) is 42.2 Å². The molecule has 7 nitrogen and oxygen atoms in total. The number of anilines is 1. The zero-order valence-electron chi connectivity index (χ0n) is 11.7. The summed E-state index contributed by atoms with van der Waals surface area (Å²) in [5.41, 5.74) is 7.15. The fraction of sp³-hybridized carbons (Fsp3) is 0.214. The molecule has 0 aliphatic carbocycles. The third-order valence-electron chi connectivity index (χ3n) is 2.83. The van der Waals surface area contributed by atoms with E-state index in [2.05, 4.69) is 10.4 Å². The largest absolute Gasteiger partial charge is 0.448 e. The summed E-state index contributed by atoms with van der Waals surface area (Å²) in [5, 5.41) is 6.52. The number of rotatable bonds is 4. The molecule has 1 atom stereocenters. The zero-order valence-corrected chi connectivity index (χ0v) is 11.7. The Hall–Kier alpha value is -2.83. The summed E-state index contributed by atoms with van der Waals surface area (Å²) in [5.74, 6) is -1.03. The summed E-state index contributed by atoms with van der Waals surface area (Å²) < 4.78 is 6.52. The molecule has 1 amide bonds. The molecular weight excluding hydrogens is 272 g/mol. The van der Waals surface area contributed by atoms with Gasteiger partial charge in [0.05, 0.1) is 5.69 Å². The van der Waals surface area contributed by atoms with E-state index in [1.54, 1.807) is 24.4 Å². The van der Waals surface area contributed by atoms with Crippen LogP contribution in [0.4, 0.5) is 5.69 Å². The number of nitrogens with zero attached hydrogens (tertiary/aromatic N) is 2. The molecule has 0 spiro atoms. The molecule has 21 heavy (non-hydrogen) atoms. The summed E-state index contributed by atoms with van der Waals surface area (Å²) >= 11 is 0. The smallest absolute Gasteiger partial charge is 0.359 e. The summed E-state index contributed by atoms with van der Waals surface area (Å²) in [7, 11) is 1.47. The first-order valence-corrected chi connectivity index (χ1v) is 6.35. The van der Waals surface area contributed by atoms with Gasteiger partial charge in [0.25, 0.3) is 5.91 Å². The maximum Gasteiger partial charge on any atom is 0.359 e. The molecule has 1 aromatic carbocycles. The predicted molar refractivity (Wildman–Crippen MR) is 76.9 cm³/mol. The number of carbonyl (C=O) groups is 2. The second-order valence-corrected chi connectivity index (χ2v) is 4.40. The lowest BCUT2D eigenvalue weighted by Gasteiger charge is -2.10. The van der Waals surface area contributed by atoms with Crippen molar-refractivity contribution < 1.29 is 14.3 Å². The number of hydrogen-bond donors (Lipinski definition) is 2. The highest BCUT2D eigenvalue weighted by molar-refractivity contribution is 5.90. The van der Waals surface area contributed by atoms with Crippen molar-refractivity contribution in [1.29, 1.82) is 0 Å².